The van der Waals surface area contributed by atoms with Crippen LogP contribution in [0.5, 0.6) is 5.75 Å². The Morgan fingerprint density at radius 3 is 2.03 bits per heavy atom. The highest BCUT2D eigenvalue weighted by atomic mass is 16.6. The predicted molar refractivity (Wildman–Crippen MR) is 140 cm³/mol. The number of pyridine rings is 1. The Bertz CT molecular complexity index is 1080. The van der Waals surface area contributed by atoms with Gasteiger partial charge < -0.3 is 29.3 Å². The van der Waals surface area contributed by atoms with Crippen molar-refractivity contribution in [1.82, 2.24) is 9.88 Å². The lowest BCUT2D eigenvalue weighted by Crippen LogP contribution is -2.50. The highest BCUT2D eigenvalue weighted by Crippen LogP contribution is 2.19. The van der Waals surface area contributed by atoms with Gasteiger partial charge in [0.25, 0.3) is 5.91 Å². The lowest BCUT2D eigenvalue weighted by atomic mass is 10.2. The van der Waals surface area contributed by atoms with Crippen LogP contribution < -0.4 is 15.0 Å². The van der Waals surface area contributed by atoms with Gasteiger partial charge in [0.1, 0.15) is 22.8 Å². The molecule has 0 spiro atoms. The van der Waals surface area contributed by atoms with E-state index in [1.807, 2.05) is 20.8 Å². The van der Waals surface area contributed by atoms with Gasteiger partial charge in [-0.3, -0.25) is 4.79 Å². The third-order valence-electron chi connectivity index (χ3n) is 5.15. The van der Waals surface area contributed by atoms with Crippen molar-refractivity contribution < 1.29 is 28.6 Å². The van der Waals surface area contributed by atoms with Gasteiger partial charge in [0, 0.05) is 38.1 Å². The molecule has 37 heavy (non-hydrogen) atoms. The summed E-state index contributed by atoms with van der Waals surface area (Å²) in [6.07, 6.45) is 1.22. The van der Waals surface area contributed by atoms with Crippen molar-refractivity contribution in [2.24, 2.45) is 0 Å². The van der Waals surface area contributed by atoms with E-state index >= 15 is 0 Å². The minimum Gasteiger partial charge on any atom is -0.482 e. The zero-order valence-electron chi connectivity index (χ0n) is 22.4. The monoisotopic (exact) mass is 512 g/mol. The molecule has 1 N–H and O–H groups in total. The third kappa shape index (κ3) is 8.96. The Morgan fingerprint density at radius 2 is 1.49 bits per heavy atom. The molecule has 2 amide bonds. The number of nitrogens with one attached hydrogen (secondary N) is 1. The van der Waals surface area contributed by atoms with E-state index in [-0.39, 0.29) is 18.6 Å². The summed E-state index contributed by atoms with van der Waals surface area (Å²) in [6, 6.07) is 10.2. The van der Waals surface area contributed by atoms with Crippen LogP contribution in [0.2, 0.25) is 0 Å². The minimum absolute atomic E-state index is 0.197. The maximum Gasteiger partial charge on any atom is 0.410 e. The standard InChI is InChI=1S/C27H36N4O6/c1-26(2,3)36-23(32)18-35-21-10-8-20(9-11-21)29-24(33)19-7-12-22(28-17-19)30-13-15-31(16-14-30)25(34)37-27(4,5)6/h7-12,17H,13-16,18H2,1-6H3,(H,29,33). The summed E-state index contributed by atoms with van der Waals surface area (Å²) >= 11 is 0. The molecule has 0 atom stereocenters. The molecule has 0 saturated carbocycles. The van der Waals surface area contributed by atoms with E-state index in [4.69, 9.17) is 14.2 Å². The molecule has 0 radical (unpaired) electrons. The summed E-state index contributed by atoms with van der Waals surface area (Å²) in [5.41, 5.74) is -0.0966. The van der Waals surface area contributed by atoms with Crippen LogP contribution in [0.4, 0.5) is 16.3 Å². The molecule has 0 unspecified atom stereocenters. The van der Waals surface area contributed by atoms with E-state index in [2.05, 4.69) is 15.2 Å². The number of piperazine rings is 1. The van der Waals surface area contributed by atoms with Gasteiger partial charge in [-0.1, -0.05) is 0 Å². The van der Waals surface area contributed by atoms with Crippen LogP contribution in [-0.4, -0.2) is 71.8 Å². The largest absolute Gasteiger partial charge is 0.482 e. The van der Waals surface area contributed by atoms with Crippen molar-refractivity contribution in [3.8, 4) is 5.75 Å². The van der Waals surface area contributed by atoms with Gasteiger partial charge in [0.2, 0.25) is 0 Å². The molecular weight excluding hydrogens is 476 g/mol. The maximum atomic E-state index is 12.7. The maximum absolute atomic E-state index is 12.7. The second-order valence-corrected chi connectivity index (χ2v) is 10.7. The highest BCUT2D eigenvalue weighted by Gasteiger charge is 2.26. The summed E-state index contributed by atoms with van der Waals surface area (Å²) in [5, 5.41) is 2.82. The Hall–Kier alpha value is -3.82. The molecule has 1 aromatic heterocycles. The van der Waals surface area contributed by atoms with Crippen molar-refractivity contribution in [3.05, 3.63) is 48.2 Å². The molecule has 1 aliphatic heterocycles. The average molecular weight is 513 g/mol. The van der Waals surface area contributed by atoms with E-state index in [9.17, 15) is 14.4 Å². The molecule has 2 heterocycles. The molecule has 0 aliphatic carbocycles. The van der Waals surface area contributed by atoms with Gasteiger partial charge in [-0.15, -0.1) is 0 Å². The minimum atomic E-state index is -0.571. The molecule has 1 aliphatic rings. The summed E-state index contributed by atoms with van der Waals surface area (Å²) in [5.74, 6) is 0.482. The summed E-state index contributed by atoms with van der Waals surface area (Å²) < 4.78 is 16.1. The second-order valence-electron chi connectivity index (χ2n) is 10.7. The number of carbonyl (C=O) groups is 3. The molecule has 1 fully saturated rings. The van der Waals surface area contributed by atoms with E-state index in [0.717, 1.165) is 5.82 Å². The number of esters is 1. The molecule has 1 aromatic carbocycles. The Labute approximate surface area is 217 Å². The normalized spacial score (nSPS) is 14.1. The number of benzene rings is 1. The average Bonchev–Trinajstić information content (AvgIpc) is 2.82. The lowest BCUT2D eigenvalue weighted by Gasteiger charge is -2.36. The van der Waals surface area contributed by atoms with Crippen LogP contribution in [0.1, 0.15) is 51.9 Å². The summed E-state index contributed by atoms with van der Waals surface area (Å²) in [7, 11) is 0. The Balaban J connectivity index is 1.47. The zero-order chi connectivity index (χ0) is 27.2. The first-order chi connectivity index (χ1) is 17.3. The number of amides is 2. The molecule has 10 heteroatoms. The highest BCUT2D eigenvalue weighted by molar-refractivity contribution is 6.04. The first-order valence-corrected chi connectivity index (χ1v) is 12.2. The number of ether oxygens (including phenoxy) is 3. The molecule has 10 nitrogen and oxygen atoms in total. The third-order valence-corrected chi connectivity index (χ3v) is 5.15. The number of aromatic nitrogens is 1. The predicted octanol–water partition coefficient (Wildman–Crippen LogP) is 4.11. The van der Waals surface area contributed by atoms with Crippen molar-refractivity contribution in [2.45, 2.75) is 52.7 Å². The number of anilines is 2. The molecule has 1 saturated heterocycles. The van der Waals surface area contributed by atoms with Crippen molar-refractivity contribution >= 4 is 29.5 Å². The number of hydrogen-bond acceptors (Lipinski definition) is 8. The van der Waals surface area contributed by atoms with E-state index < -0.39 is 17.2 Å². The molecular formula is C27H36N4O6. The smallest absolute Gasteiger partial charge is 0.410 e. The molecule has 0 bridgehead atoms. The first kappa shape index (κ1) is 27.8. The molecule has 3 rings (SSSR count). The van der Waals surface area contributed by atoms with Crippen molar-refractivity contribution in [2.75, 3.05) is 43.0 Å². The van der Waals surface area contributed by atoms with Gasteiger partial charge in [-0.2, -0.15) is 0 Å². The van der Waals surface area contributed by atoms with Crippen molar-refractivity contribution in [1.29, 1.82) is 0 Å². The Morgan fingerprint density at radius 1 is 0.865 bits per heavy atom. The number of carbonyl (C=O) groups excluding carboxylic acids is 3. The topological polar surface area (TPSA) is 110 Å². The van der Waals surface area contributed by atoms with Crippen LogP contribution in [0.15, 0.2) is 42.6 Å². The summed E-state index contributed by atoms with van der Waals surface area (Å²) in [4.78, 5) is 44.9. The fourth-order valence-electron chi connectivity index (χ4n) is 3.50. The Kier molecular flexibility index (Phi) is 8.62. The fourth-order valence-corrected chi connectivity index (χ4v) is 3.50. The zero-order valence-corrected chi connectivity index (χ0v) is 22.4. The number of hydrogen-bond donors (Lipinski definition) is 1. The van der Waals surface area contributed by atoms with Crippen LogP contribution >= 0.6 is 0 Å². The first-order valence-electron chi connectivity index (χ1n) is 12.2. The quantitative estimate of drug-likeness (QED) is 0.576. The second kappa shape index (κ2) is 11.5. The van der Waals surface area contributed by atoms with Gasteiger partial charge in [0.05, 0.1) is 5.56 Å². The van der Waals surface area contributed by atoms with Crippen LogP contribution in [-0.2, 0) is 14.3 Å². The van der Waals surface area contributed by atoms with Crippen LogP contribution in [0.25, 0.3) is 0 Å². The van der Waals surface area contributed by atoms with Gasteiger partial charge in [0.15, 0.2) is 6.61 Å². The van der Waals surface area contributed by atoms with Gasteiger partial charge >= 0.3 is 12.1 Å². The van der Waals surface area contributed by atoms with Crippen LogP contribution in [0.3, 0.4) is 0 Å². The molecule has 200 valence electrons. The van der Waals surface area contributed by atoms with Crippen LogP contribution in [0, 0.1) is 0 Å². The van der Waals surface area contributed by atoms with E-state index in [1.54, 1.807) is 62.1 Å². The fraction of sp³-hybridized carbons (Fsp3) is 0.481. The van der Waals surface area contributed by atoms with Crippen molar-refractivity contribution in [3.63, 3.8) is 0 Å². The van der Waals surface area contributed by atoms with E-state index in [1.165, 1.54) is 6.20 Å². The number of rotatable bonds is 6. The van der Waals surface area contributed by atoms with E-state index in [0.29, 0.717) is 43.2 Å². The lowest BCUT2D eigenvalue weighted by molar-refractivity contribution is -0.157. The van der Waals surface area contributed by atoms with Gasteiger partial charge in [-0.05, 0) is 77.9 Å². The number of nitrogens with zero attached hydrogens (tertiary/aromatic N) is 3. The molecule has 2 aromatic rings. The van der Waals surface area contributed by atoms with Gasteiger partial charge in [-0.25, -0.2) is 14.6 Å². The SMILES string of the molecule is CC(C)(C)OC(=O)COc1ccc(NC(=O)c2ccc(N3CCN(C(=O)OC(C)(C)C)CC3)nc2)cc1. The summed E-state index contributed by atoms with van der Waals surface area (Å²) in [6.45, 7) is 13.1.